The molecular formula is C16H15BrCl2O2. The Kier molecular flexibility index (Phi) is 5.42. The Labute approximate surface area is 143 Å². The van der Waals surface area contributed by atoms with Crippen LogP contribution in [0.1, 0.15) is 21.5 Å². The highest BCUT2D eigenvalue weighted by Gasteiger charge is 2.19. The predicted molar refractivity (Wildman–Crippen MR) is 91.5 cm³/mol. The van der Waals surface area contributed by atoms with Crippen molar-refractivity contribution in [1.29, 1.82) is 0 Å². The number of hydrogen-bond donors (Lipinski definition) is 0. The molecule has 0 fully saturated rings. The minimum atomic E-state index is -0.0536. The minimum Gasteiger partial charge on any atom is -0.493 e. The number of halogens is 3. The molecule has 5 heteroatoms. The second kappa shape index (κ2) is 6.91. The molecular weight excluding hydrogens is 375 g/mol. The molecule has 21 heavy (non-hydrogen) atoms. The number of methoxy groups -OCH3 is 2. The van der Waals surface area contributed by atoms with Crippen molar-refractivity contribution in [3.63, 3.8) is 0 Å². The van der Waals surface area contributed by atoms with Crippen LogP contribution in [0.15, 0.2) is 30.3 Å². The second-order valence-corrected chi connectivity index (χ2v) is 6.35. The van der Waals surface area contributed by atoms with Gasteiger partial charge in [0.05, 0.1) is 19.0 Å². The molecule has 1 atom stereocenters. The fourth-order valence-corrected chi connectivity index (χ4v) is 3.69. The molecule has 2 aromatic rings. The molecule has 0 radical (unpaired) electrons. The fourth-order valence-electron chi connectivity index (χ4n) is 2.14. The van der Waals surface area contributed by atoms with Crippen molar-refractivity contribution in [2.24, 2.45) is 0 Å². The standard InChI is InChI=1S/C16H15BrCl2O2/c1-9-6-14(20-2)15(21-3)8-12(9)16(17)11-5-4-10(18)7-13(11)19/h4-8,16H,1-3H3. The van der Waals surface area contributed by atoms with Crippen LogP contribution in [0.25, 0.3) is 0 Å². The number of alkyl halides is 1. The summed E-state index contributed by atoms with van der Waals surface area (Å²) >= 11 is 15.9. The summed E-state index contributed by atoms with van der Waals surface area (Å²) in [5, 5.41) is 1.24. The van der Waals surface area contributed by atoms with E-state index in [1.807, 2.05) is 31.2 Å². The van der Waals surface area contributed by atoms with Gasteiger partial charge in [0.2, 0.25) is 0 Å². The average Bonchev–Trinajstić information content (AvgIpc) is 2.46. The summed E-state index contributed by atoms with van der Waals surface area (Å²) in [6, 6.07) is 9.39. The number of aryl methyl sites for hydroxylation is 1. The molecule has 2 nitrogen and oxygen atoms in total. The molecule has 112 valence electrons. The third-order valence-electron chi connectivity index (χ3n) is 3.28. The first-order valence-electron chi connectivity index (χ1n) is 6.29. The molecule has 0 aliphatic heterocycles. The van der Waals surface area contributed by atoms with Gasteiger partial charge in [0.1, 0.15) is 0 Å². The first-order valence-corrected chi connectivity index (χ1v) is 7.96. The molecule has 0 heterocycles. The maximum absolute atomic E-state index is 6.29. The maximum atomic E-state index is 6.29. The van der Waals surface area contributed by atoms with Crippen molar-refractivity contribution in [3.05, 3.63) is 57.1 Å². The highest BCUT2D eigenvalue weighted by atomic mass is 79.9. The van der Waals surface area contributed by atoms with Gasteiger partial charge >= 0.3 is 0 Å². The Balaban J connectivity index is 2.50. The van der Waals surface area contributed by atoms with Gasteiger partial charge in [-0.25, -0.2) is 0 Å². The van der Waals surface area contributed by atoms with Crippen molar-refractivity contribution in [3.8, 4) is 11.5 Å². The van der Waals surface area contributed by atoms with Gasteiger partial charge in [0.15, 0.2) is 11.5 Å². The van der Waals surface area contributed by atoms with Gasteiger partial charge in [0, 0.05) is 10.0 Å². The highest BCUT2D eigenvalue weighted by molar-refractivity contribution is 9.09. The maximum Gasteiger partial charge on any atom is 0.161 e. The van der Waals surface area contributed by atoms with E-state index in [1.165, 1.54) is 0 Å². The van der Waals surface area contributed by atoms with Crippen molar-refractivity contribution in [2.45, 2.75) is 11.8 Å². The summed E-state index contributed by atoms with van der Waals surface area (Å²) < 4.78 is 10.7. The Morgan fingerprint density at radius 1 is 0.952 bits per heavy atom. The lowest BCUT2D eigenvalue weighted by atomic mass is 9.99. The van der Waals surface area contributed by atoms with Crippen LogP contribution in [0.5, 0.6) is 11.5 Å². The fraction of sp³-hybridized carbons (Fsp3) is 0.250. The summed E-state index contributed by atoms with van der Waals surface area (Å²) in [6.45, 7) is 2.02. The van der Waals surface area contributed by atoms with Crippen LogP contribution in [-0.2, 0) is 0 Å². The van der Waals surface area contributed by atoms with Gasteiger partial charge in [-0.15, -0.1) is 0 Å². The lowest BCUT2D eigenvalue weighted by Gasteiger charge is -2.18. The lowest BCUT2D eigenvalue weighted by molar-refractivity contribution is 0.354. The van der Waals surface area contributed by atoms with Crippen LogP contribution in [-0.4, -0.2) is 14.2 Å². The Morgan fingerprint density at radius 2 is 1.57 bits per heavy atom. The zero-order valence-corrected chi connectivity index (χ0v) is 15.0. The van der Waals surface area contributed by atoms with E-state index < -0.39 is 0 Å². The monoisotopic (exact) mass is 388 g/mol. The van der Waals surface area contributed by atoms with Crippen LogP contribution >= 0.6 is 39.1 Å². The quantitative estimate of drug-likeness (QED) is 0.615. The highest BCUT2D eigenvalue weighted by Crippen LogP contribution is 2.41. The van der Waals surface area contributed by atoms with E-state index >= 15 is 0 Å². The first-order chi connectivity index (χ1) is 9.97. The SMILES string of the molecule is COc1cc(C)c(C(Br)c2ccc(Cl)cc2Cl)cc1OC. The minimum absolute atomic E-state index is 0.0536. The van der Waals surface area contributed by atoms with Crippen LogP contribution < -0.4 is 9.47 Å². The molecule has 0 N–H and O–H groups in total. The lowest BCUT2D eigenvalue weighted by Crippen LogP contribution is -2.00. The van der Waals surface area contributed by atoms with E-state index in [4.69, 9.17) is 32.7 Å². The molecule has 0 aromatic heterocycles. The molecule has 2 aromatic carbocycles. The van der Waals surface area contributed by atoms with Gasteiger partial charge in [-0.2, -0.15) is 0 Å². The van der Waals surface area contributed by atoms with Crippen molar-refractivity contribution >= 4 is 39.1 Å². The molecule has 1 unspecified atom stereocenters. The van der Waals surface area contributed by atoms with Gasteiger partial charge in [-0.1, -0.05) is 45.2 Å². The van der Waals surface area contributed by atoms with Gasteiger partial charge in [-0.3, -0.25) is 0 Å². The molecule has 2 rings (SSSR count). The van der Waals surface area contributed by atoms with E-state index in [2.05, 4.69) is 15.9 Å². The second-order valence-electron chi connectivity index (χ2n) is 4.59. The molecule has 0 bridgehead atoms. The summed E-state index contributed by atoms with van der Waals surface area (Å²) in [4.78, 5) is -0.0536. The summed E-state index contributed by atoms with van der Waals surface area (Å²) in [5.74, 6) is 1.40. The van der Waals surface area contributed by atoms with Gasteiger partial charge in [0.25, 0.3) is 0 Å². The first kappa shape index (κ1) is 16.5. The normalized spacial score (nSPS) is 12.1. The third-order valence-corrected chi connectivity index (χ3v) is 4.83. The summed E-state index contributed by atoms with van der Waals surface area (Å²) in [7, 11) is 3.24. The predicted octanol–water partition coefficient (Wildman–Crippen LogP) is 5.80. The van der Waals surface area contributed by atoms with Crippen molar-refractivity contribution < 1.29 is 9.47 Å². The number of hydrogen-bond acceptors (Lipinski definition) is 2. The number of rotatable bonds is 4. The zero-order chi connectivity index (χ0) is 15.6. The van der Waals surface area contributed by atoms with E-state index in [9.17, 15) is 0 Å². The smallest absolute Gasteiger partial charge is 0.161 e. The van der Waals surface area contributed by atoms with Crippen LogP contribution in [0.4, 0.5) is 0 Å². The topological polar surface area (TPSA) is 18.5 Å². The van der Waals surface area contributed by atoms with Gasteiger partial charge in [-0.05, 0) is 47.9 Å². The van der Waals surface area contributed by atoms with Crippen molar-refractivity contribution in [1.82, 2.24) is 0 Å². The van der Waals surface area contributed by atoms with Crippen molar-refractivity contribution in [2.75, 3.05) is 14.2 Å². The molecule has 0 aliphatic carbocycles. The molecule has 0 aliphatic rings. The largest absolute Gasteiger partial charge is 0.493 e. The molecule has 0 saturated carbocycles. The summed E-state index contributed by atoms with van der Waals surface area (Å²) in [5.41, 5.74) is 3.11. The van der Waals surface area contributed by atoms with Crippen LogP contribution in [0.2, 0.25) is 10.0 Å². The molecule has 0 spiro atoms. The number of benzene rings is 2. The Hall–Kier alpha value is -0.900. The Bertz CT molecular complexity index is 659. The molecule has 0 saturated heterocycles. The van der Waals surface area contributed by atoms with Crippen LogP contribution in [0.3, 0.4) is 0 Å². The Morgan fingerprint density at radius 3 is 2.14 bits per heavy atom. The zero-order valence-electron chi connectivity index (χ0n) is 11.9. The number of ether oxygens (including phenoxy) is 2. The van der Waals surface area contributed by atoms with E-state index in [0.29, 0.717) is 21.5 Å². The molecule has 0 amide bonds. The van der Waals surface area contributed by atoms with Crippen LogP contribution in [0, 0.1) is 6.92 Å². The average molecular weight is 390 g/mol. The third kappa shape index (κ3) is 3.47. The van der Waals surface area contributed by atoms with E-state index in [1.54, 1.807) is 20.3 Å². The summed E-state index contributed by atoms with van der Waals surface area (Å²) in [6.07, 6.45) is 0. The van der Waals surface area contributed by atoms with E-state index in [0.717, 1.165) is 16.7 Å². The van der Waals surface area contributed by atoms with E-state index in [-0.39, 0.29) is 4.83 Å². The van der Waals surface area contributed by atoms with Gasteiger partial charge < -0.3 is 9.47 Å².